The third-order valence-corrected chi connectivity index (χ3v) is 4.73. The van der Waals surface area contributed by atoms with E-state index in [1.165, 1.54) is 5.56 Å². The summed E-state index contributed by atoms with van der Waals surface area (Å²) < 4.78 is 5.93. The van der Waals surface area contributed by atoms with Crippen LogP contribution in [0, 0.1) is 0 Å². The third-order valence-electron chi connectivity index (χ3n) is 4.73. The van der Waals surface area contributed by atoms with Crippen molar-refractivity contribution in [2.75, 3.05) is 18.1 Å². The second-order valence-corrected chi connectivity index (χ2v) is 6.43. The maximum Gasteiger partial charge on any atom is 0.264 e. The molecule has 1 aliphatic heterocycles. The smallest absolute Gasteiger partial charge is 0.264 e. The number of carbonyl (C=O) groups is 1. The Bertz CT molecular complexity index is 905. The van der Waals surface area contributed by atoms with Gasteiger partial charge in [-0.2, -0.15) is 0 Å². The van der Waals surface area contributed by atoms with Crippen molar-refractivity contribution in [3.05, 3.63) is 84.4 Å². The summed E-state index contributed by atoms with van der Waals surface area (Å²) >= 11 is 0. The molecule has 0 saturated heterocycles. The lowest BCUT2D eigenvalue weighted by Crippen LogP contribution is -2.38. The first-order valence-electron chi connectivity index (χ1n) is 8.98. The molecule has 0 N–H and O–H groups in total. The second kappa shape index (κ2) is 7.44. The number of hydrogen-bond acceptors (Lipinski definition) is 2. The molecule has 3 heteroatoms. The molecule has 0 saturated carbocycles. The molecule has 1 aliphatic rings. The fraction of sp³-hybridized carbons (Fsp3) is 0.174. The molecule has 4 rings (SSSR count). The molecule has 0 bridgehead atoms. The van der Waals surface area contributed by atoms with E-state index in [-0.39, 0.29) is 12.5 Å². The predicted molar refractivity (Wildman–Crippen MR) is 104 cm³/mol. The van der Waals surface area contributed by atoms with Crippen molar-refractivity contribution in [3.8, 4) is 16.9 Å². The van der Waals surface area contributed by atoms with Crippen LogP contribution in [-0.4, -0.2) is 19.1 Å². The molecule has 3 aromatic carbocycles. The van der Waals surface area contributed by atoms with Crippen LogP contribution in [0.15, 0.2) is 78.9 Å². The summed E-state index contributed by atoms with van der Waals surface area (Å²) in [6, 6.07) is 26.1. The van der Waals surface area contributed by atoms with Gasteiger partial charge in [0, 0.05) is 17.8 Å². The van der Waals surface area contributed by atoms with Crippen LogP contribution in [0.1, 0.15) is 12.0 Å². The quantitative estimate of drug-likeness (QED) is 0.686. The minimum Gasteiger partial charge on any atom is -0.483 e. The van der Waals surface area contributed by atoms with Gasteiger partial charge in [0.05, 0.1) is 0 Å². The van der Waals surface area contributed by atoms with Crippen LogP contribution in [0.3, 0.4) is 0 Å². The van der Waals surface area contributed by atoms with Crippen LogP contribution in [0.4, 0.5) is 5.69 Å². The zero-order chi connectivity index (χ0) is 17.8. The Morgan fingerprint density at radius 1 is 0.885 bits per heavy atom. The number of benzene rings is 3. The number of ether oxygens (including phenoxy) is 1. The van der Waals surface area contributed by atoms with E-state index in [0.717, 1.165) is 42.0 Å². The maximum atomic E-state index is 12.8. The average Bonchev–Trinajstić information content (AvgIpc) is 2.72. The van der Waals surface area contributed by atoms with Crippen molar-refractivity contribution in [1.29, 1.82) is 0 Å². The van der Waals surface area contributed by atoms with Gasteiger partial charge in [-0.1, -0.05) is 66.7 Å². The predicted octanol–water partition coefficient (Wildman–Crippen LogP) is 4.71. The van der Waals surface area contributed by atoms with Gasteiger partial charge in [-0.15, -0.1) is 0 Å². The molecule has 1 heterocycles. The first-order chi connectivity index (χ1) is 12.8. The van der Waals surface area contributed by atoms with Crippen LogP contribution in [0.2, 0.25) is 0 Å². The van der Waals surface area contributed by atoms with E-state index in [9.17, 15) is 4.79 Å². The minimum absolute atomic E-state index is 0.0000136. The molecule has 130 valence electrons. The van der Waals surface area contributed by atoms with Gasteiger partial charge in [0.15, 0.2) is 6.61 Å². The Kier molecular flexibility index (Phi) is 4.69. The normalized spacial score (nSPS) is 13.2. The average molecular weight is 343 g/mol. The first kappa shape index (κ1) is 16.4. The number of rotatable bonds is 4. The molecule has 26 heavy (non-hydrogen) atoms. The van der Waals surface area contributed by atoms with Crippen molar-refractivity contribution < 1.29 is 9.53 Å². The lowest BCUT2D eigenvalue weighted by atomic mass is 10.0. The number of fused-ring (bicyclic) bond motifs is 1. The van der Waals surface area contributed by atoms with E-state index < -0.39 is 0 Å². The maximum absolute atomic E-state index is 12.8. The van der Waals surface area contributed by atoms with Crippen LogP contribution < -0.4 is 9.64 Å². The Hall–Kier alpha value is -3.07. The number of hydrogen-bond donors (Lipinski definition) is 0. The fourth-order valence-electron chi connectivity index (χ4n) is 3.46. The molecule has 0 unspecified atom stereocenters. The van der Waals surface area contributed by atoms with Crippen molar-refractivity contribution in [1.82, 2.24) is 0 Å². The first-order valence-corrected chi connectivity index (χ1v) is 8.98. The lowest BCUT2D eigenvalue weighted by molar-refractivity contribution is -0.120. The third kappa shape index (κ3) is 3.33. The highest BCUT2D eigenvalue weighted by atomic mass is 16.5. The van der Waals surface area contributed by atoms with Gasteiger partial charge in [-0.05, 0) is 36.1 Å². The molecule has 3 nitrogen and oxygen atoms in total. The topological polar surface area (TPSA) is 29.5 Å². The highest BCUT2D eigenvalue weighted by molar-refractivity contribution is 5.95. The molecule has 0 aliphatic carbocycles. The summed E-state index contributed by atoms with van der Waals surface area (Å²) in [5.41, 5.74) is 4.33. The zero-order valence-corrected chi connectivity index (χ0v) is 14.6. The molecule has 0 spiro atoms. The van der Waals surface area contributed by atoms with E-state index in [0.29, 0.717) is 0 Å². The van der Waals surface area contributed by atoms with E-state index in [1.54, 1.807) is 0 Å². The van der Waals surface area contributed by atoms with E-state index in [1.807, 2.05) is 77.7 Å². The van der Waals surface area contributed by atoms with Gasteiger partial charge in [0.1, 0.15) is 5.75 Å². The van der Waals surface area contributed by atoms with Crippen LogP contribution in [0.25, 0.3) is 11.1 Å². The molecular weight excluding hydrogens is 322 g/mol. The number of carbonyl (C=O) groups excluding carboxylic acids is 1. The number of aryl methyl sites for hydroxylation is 1. The zero-order valence-electron chi connectivity index (χ0n) is 14.6. The standard InChI is InChI=1S/C23H21NO2/c25-23(24-16-8-12-19-11-4-6-14-21(19)24)17-26-22-15-7-5-13-20(22)18-9-2-1-3-10-18/h1-7,9-11,13-15H,8,12,16-17H2. The van der Waals surface area contributed by atoms with E-state index in [4.69, 9.17) is 4.74 Å². The van der Waals surface area contributed by atoms with Gasteiger partial charge in [-0.3, -0.25) is 4.79 Å². The Morgan fingerprint density at radius 3 is 2.50 bits per heavy atom. The summed E-state index contributed by atoms with van der Waals surface area (Å²) in [6.45, 7) is 0.789. The summed E-state index contributed by atoms with van der Waals surface area (Å²) in [4.78, 5) is 14.6. The van der Waals surface area contributed by atoms with Crippen LogP contribution in [0.5, 0.6) is 5.75 Å². The molecular formula is C23H21NO2. The van der Waals surface area contributed by atoms with Crippen LogP contribution >= 0.6 is 0 Å². The molecule has 0 aromatic heterocycles. The summed E-state index contributed by atoms with van der Waals surface area (Å²) in [7, 11) is 0. The van der Waals surface area contributed by atoms with Gasteiger partial charge in [-0.25, -0.2) is 0 Å². The number of amides is 1. The Labute approximate surface area is 153 Å². The largest absolute Gasteiger partial charge is 0.483 e. The molecule has 0 fully saturated rings. The number of para-hydroxylation sites is 2. The second-order valence-electron chi connectivity index (χ2n) is 6.43. The Morgan fingerprint density at radius 2 is 1.62 bits per heavy atom. The van der Waals surface area contributed by atoms with Crippen molar-refractivity contribution in [2.24, 2.45) is 0 Å². The van der Waals surface area contributed by atoms with Gasteiger partial charge in [0.2, 0.25) is 0 Å². The minimum atomic E-state index is 0.0000136. The van der Waals surface area contributed by atoms with Crippen molar-refractivity contribution in [3.63, 3.8) is 0 Å². The fourth-order valence-corrected chi connectivity index (χ4v) is 3.46. The van der Waals surface area contributed by atoms with Gasteiger partial charge in [0.25, 0.3) is 5.91 Å². The monoisotopic (exact) mass is 343 g/mol. The van der Waals surface area contributed by atoms with Crippen molar-refractivity contribution in [2.45, 2.75) is 12.8 Å². The SMILES string of the molecule is O=C(COc1ccccc1-c1ccccc1)N1CCCc2ccccc21. The molecule has 0 atom stereocenters. The molecule has 0 radical (unpaired) electrons. The number of nitrogens with zero attached hydrogens (tertiary/aromatic N) is 1. The summed E-state index contributed by atoms with van der Waals surface area (Å²) in [5, 5.41) is 0. The van der Waals surface area contributed by atoms with Crippen LogP contribution in [-0.2, 0) is 11.2 Å². The molecule has 1 amide bonds. The summed E-state index contributed by atoms with van der Waals surface area (Å²) in [6.07, 6.45) is 2.01. The lowest BCUT2D eigenvalue weighted by Gasteiger charge is -2.29. The van der Waals surface area contributed by atoms with E-state index >= 15 is 0 Å². The highest BCUT2D eigenvalue weighted by Gasteiger charge is 2.22. The van der Waals surface area contributed by atoms with Gasteiger partial charge >= 0.3 is 0 Å². The Balaban J connectivity index is 1.51. The van der Waals surface area contributed by atoms with Crippen molar-refractivity contribution >= 4 is 11.6 Å². The number of anilines is 1. The summed E-state index contributed by atoms with van der Waals surface area (Å²) in [5.74, 6) is 0.734. The van der Waals surface area contributed by atoms with Gasteiger partial charge < -0.3 is 9.64 Å². The highest BCUT2D eigenvalue weighted by Crippen LogP contribution is 2.30. The molecule has 3 aromatic rings. The van der Waals surface area contributed by atoms with E-state index in [2.05, 4.69) is 6.07 Å².